The van der Waals surface area contributed by atoms with E-state index in [9.17, 15) is 4.79 Å². The molecule has 0 aliphatic heterocycles. The van der Waals surface area contributed by atoms with E-state index in [0.29, 0.717) is 23.2 Å². The van der Waals surface area contributed by atoms with E-state index in [2.05, 4.69) is 4.98 Å². The van der Waals surface area contributed by atoms with Crippen molar-refractivity contribution in [1.82, 2.24) is 4.98 Å². The standard InChI is InChI=1S/C24H21NO4S/c26-22(14-13-19-6-5-16-28-19)18-9-11-20(12-10-18)27-15-3-4-17-30-24-25-21-7-1-2-8-23(21)29-24/h1-2,5-14,16H,3-4,15,17H2/b14-13+. The molecule has 4 rings (SSSR count). The van der Waals surface area contributed by atoms with E-state index in [-0.39, 0.29) is 5.78 Å². The summed E-state index contributed by atoms with van der Waals surface area (Å²) in [6.07, 6.45) is 6.66. The van der Waals surface area contributed by atoms with Gasteiger partial charge in [-0.05, 0) is 73.5 Å². The maximum Gasteiger partial charge on any atom is 0.256 e. The number of hydrogen-bond acceptors (Lipinski definition) is 6. The molecule has 2 aromatic heterocycles. The lowest BCUT2D eigenvalue weighted by molar-refractivity contribution is 0.104. The number of unbranched alkanes of at least 4 members (excludes halogenated alkanes) is 1. The minimum absolute atomic E-state index is 0.0748. The van der Waals surface area contributed by atoms with Crippen molar-refractivity contribution in [2.45, 2.75) is 18.1 Å². The Morgan fingerprint density at radius 1 is 1.03 bits per heavy atom. The van der Waals surface area contributed by atoms with Crippen LogP contribution in [-0.2, 0) is 0 Å². The lowest BCUT2D eigenvalue weighted by Gasteiger charge is -2.06. The van der Waals surface area contributed by atoms with Crippen LogP contribution in [0.15, 0.2) is 87.1 Å². The van der Waals surface area contributed by atoms with Crippen LogP contribution in [0.3, 0.4) is 0 Å². The quantitative estimate of drug-likeness (QED) is 0.131. The van der Waals surface area contributed by atoms with Crippen LogP contribution in [0.1, 0.15) is 29.0 Å². The van der Waals surface area contributed by atoms with Crippen molar-refractivity contribution in [3.63, 3.8) is 0 Å². The molecule has 152 valence electrons. The van der Waals surface area contributed by atoms with Crippen molar-refractivity contribution in [2.75, 3.05) is 12.4 Å². The molecule has 5 nitrogen and oxygen atoms in total. The molecule has 4 aromatic rings. The van der Waals surface area contributed by atoms with Gasteiger partial charge >= 0.3 is 0 Å². The SMILES string of the molecule is O=C(/C=C/c1ccco1)c1ccc(OCCCCSc2nc3ccccc3o2)cc1. The molecule has 0 atom stereocenters. The number of carbonyl (C=O) groups excluding carboxylic acids is 1. The van der Waals surface area contributed by atoms with Gasteiger partial charge in [-0.25, -0.2) is 4.98 Å². The Hall–Kier alpha value is -3.25. The van der Waals surface area contributed by atoms with Crippen LogP contribution in [0.2, 0.25) is 0 Å². The number of furan rings is 1. The highest BCUT2D eigenvalue weighted by Gasteiger charge is 2.06. The number of oxazole rings is 1. The highest BCUT2D eigenvalue weighted by Crippen LogP contribution is 2.24. The van der Waals surface area contributed by atoms with Gasteiger partial charge in [-0.3, -0.25) is 4.79 Å². The van der Waals surface area contributed by atoms with Gasteiger partial charge in [-0.2, -0.15) is 0 Å². The molecule has 0 amide bonds. The topological polar surface area (TPSA) is 65.5 Å². The molecule has 0 spiro atoms. The third-order valence-corrected chi connectivity index (χ3v) is 5.30. The molecule has 0 fully saturated rings. The predicted molar refractivity (Wildman–Crippen MR) is 118 cm³/mol. The molecule has 0 saturated heterocycles. The summed E-state index contributed by atoms with van der Waals surface area (Å²) >= 11 is 1.62. The summed E-state index contributed by atoms with van der Waals surface area (Å²) in [5.41, 5.74) is 2.32. The van der Waals surface area contributed by atoms with Crippen molar-refractivity contribution in [1.29, 1.82) is 0 Å². The molecule has 30 heavy (non-hydrogen) atoms. The predicted octanol–water partition coefficient (Wildman–Crippen LogP) is 6.27. The summed E-state index contributed by atoms with van der Waals surface area (Å²) in [5, 5.41) is 0.707. The zero-order valence-corrected chi connectivity index (χ0v) is 17.1. The minimum Gasteiger partial charge on any atom is -0.494 e. The molecule has 0 radical (unpaired) electrons. The fourth-order valence-corrected chi connectivity index (χ4v) is 3.66. The van der Waals surface area contributed by atoms with Gasteiger partial charge in [0.25, 0.3) is 5.22 Å². The van der Waals surface area contributed by atoms with Crippen LogP contribution >= 0.6 is 11.8 Å². The number of ketones is 1. The summed E-state index contributed by atoms with van der Waals surface area (Å²) < 4.78 is 16.6. The van der Waals surface area contributed by atoms with Crippen molar-refractivity contribution in [2.24, 2.45) is 0 Å². The number of para-hydroxylation sites is 2. The number of allylic oxidation sites excluding steroid dienone is 1. The third-order valence-electron chi connectivity index (χ3n) is 4.39. The van der Waals surface area contributed by atoms with Gasteiger partial charge in [-0.1, -0.05) is 23.9 Å². The zero-order chi connectivity index (χ0) is 20.6. The van der Waals surface area contributed by atoms with E-state index >= 15 is 0 Å². The van der Waals surface area contributed by atoms with Gasteiger partial charge in [0.05, 0.1) is 12.9 Å². The Labute approximate surface area is 178 Å². The second-order valence-corrected chi connectivity index (χ2v) is 7.64. The Bertz CT molecular complexity index is 1080. The Balaban J connectivity index is 1.16. The second-order valence-electron chi connectivity index (χ2n) is 6.59. The van der Waals surface area contributed by atoms with E-state index in [0.717, 1.165) is 35.4 Å². The number of nitrogens with zero attached hydrogens (tertiary/aromatic N) is 1. The van der Waals surface area contributed by atoms with Gasteiger partial charge in [0.15, 0.2) is 11.4 Å². The number of carbonyl (C=O) groups is 1. The molecular formula is C24H21NO4S. The zero-order valence-electron chi connectivity index (χ0n) is 16.3. The first-order chi connectivity index (χ1) is 14.8. The van der Waals surface area contributed by atoms with Crippen LogP contribution in [0.5, 0.6) is 5.75 Å². The summed E-state index contributed by atoms with van der Waals surface area (Å²) in [6.45, 7) is 0.625. The van der Waals surface area contributed by atoms with Crippen LogP contribution in [-0.4, -0.2) is 23.1 Å². The van der Waals surface area contributed by atoms with Gasteiger partial charge in [0.2, 0.25) is 0 Å². The monoisotopic (exact) mass is 419 g/mol. The molecule has 0 unspecified atom stereocenters. The van der Waals surface area contributed by atoms with Crippen molar-refractivity contribution in [3.8, 4) is 5.75 Å². The largest absolute Gasteiger partial charge is 0.494 e. The number of thioether (sulfide) groups is 1. The number of rotatable bonds is 10. The second kappa shape index (κ2) is 9.98. The lowest BCUT2D eigenvalue weighted by Crippen LogP contribution is -1.99. The highest BCUT2D eigenvalue weighted by atomic mass is 32.2. The third kappa shape index (κ3) is 5.42. The first-order valence-corrected chi connectivity index (χ1v) is 10.7. The maximum atomic E-state index is 12.2. The van der Waals surface area contributed by atoms with Crippen LogP contribution in [0.4, 0.5) is 0 Å². The minimum atomic E-state index is -0.0748. The summed E-state index contributed by atoms with van der Waals surface area (Å²) in [4.78, 5) is 16.6. The van der Waals surface area contributed by atoms with E-state index in [1.165, 1.54) is 6.08 Å². The Morgan fingerprint density at radius 3 is 2.70 bits per heavy atom. The lowest BCUT2D eigenvalue weighted by atomic mass is 10.1. The molecule has 0 N–H and O–H groups in total. The summed E-state index contributed by atoms with van der Waals surface area (Å²) in [6, 6.07) is 18.5. The Morgan fingerprint density at radius 2 is 1.90 bits per heavy atom. The van der Waals surface area contributed by atoms with Crippen molar-refractivity contribution < 1.29 is 18.4 Å². The van der Waals surface area contributed by atoms with Gasteiger partial charge in [0.1, 0.15) is 17.0 Å². The van der Waals surface area contributed by atoms with E-state index in [4.69, 9.17) is 13.6 Å². The fraction of sp³-hybridized carbons (Fsp3) is 0.167. The maximum absolute atomic E-state index is 12.2. The normalized spacial score (nSPS) is 11.3. The van der Waals surface area contributed by atoms with E-state index < -0.39 is 0 Å². The molecule has 0 aliphatic rings. The molecule has 2 aromatic carbocycles. The molecule has 0 bridgehead atoms. The number of ether oxygens (including phenoxy) is 1. The van der Waals surface area contributed by atoms with Crippen molar-refractivity contribution >= 4 is 34.7 Å². The van der Waals surface area contributed by atoms with Gasteiger partial charge in [0, 0.05) is 11.3 Å². The molecule has 6 heteroatoms. The first kappa shape index (κ1) is 20.0. The smallest absolute Gasteiger partial charge is 0.256 e. The summed E-state index contributed by atoms with van der Waals surface area (Å²) in [7, 11) is 0. The van der Waals surface area contributed by atoms with Crippen LogP contribution in [0, 0.1) is 0 Å². The van der Waals surface area contributed by atoms with Crippen LogP contribution in [0.25, 0.3) is 17.2 Å². The van der Waals surface area contributed by atoms with Gasteiger partial charge in [-0.15, -0.1) is 0 Å². The first-order valence-electron chi connectivity index (χ1n) is 9.75. The van der Waals surface area contributed by atoms with E-state index in [1.807, 2.05) is 36.4 Å². The average molecular weight is 420 g/mol. The molecular weight excluding hydrogens is 398 g/mol. The highest BCUT2D eigenvalue weighted by molar-refractivity contribution is 7.99. The molecule has 2 heterocycles. The number of benzene rings is 2. The van der Waals surface area contributed by atoms with Crippen molar-refractivity contribution in [3.05, 3.63) is 84.3 Å². The fourth-order valence-electron chi connectivity index (χ4n) is 2.82. The number of hydrogen-bond donors (Lipinski definition) is 0. The molecule has 0 aliphatic carbocycles. The number of fused-ring (bicyclic) bond motifs is 1. The Kier molecular flexibility index (Phi) is 6.67. The summed E-state index contributed by atoms with van der Waals surface area (Å²) in [5.74, 6) is 2.26. The van der Waals surface area contributed by atoms with E-state index in [1.54, 1.807) is 48.4 Å². The molecule has 0 saturated carbocycles. The number of aromatic nitrogens is 1. The van der Waals surface area contributed by atoms with Crippen LogP contribution < -0.4 is 4.74 Å². The average Bonchev–Trinajstić information content (AvgIpc) is 3.44. The van der Waals surface area contributed by atoms with Gasteiger partial charge < -0.3 is 13.6 Å².